The molecule has 112 valence electrons. The zero-order chi connectivity index (χ0) is 15.9. The van der Waals surface area contributed by atoms with E-state index in [4.69, 9.17) is 16.9 Å². The van der Waals surface area contributed by atoms with E-state index in [-0.39, 0.29) is 17.5 Å². The normalized spacial score (nSPS) is 9.86. The second-order valence-corrected chi connectivity index (χ2v) is 4.97. The van der Waals surface area contributed by atoms with Gasteiger partial charge >= 0.3 is 0 Å². The van der Waals surface area contributed by atoms with Crippen molar-refractivity contribution in [2.24, 2.45) is 0 Å². The molecular weight excluding hydrogens is 305 g/mol. The molecule has 0 saturated heterocycles. The smallest absolute Gasteiger partial charge is 0.243 e. The maximum absolute atomic E-state index is 13.0. The fourth-order valence-electron chi connectivity index (χ4n) is 1.79. The van der Waals surface area contributed by atoms with Gasteiger partial charge in [0.25, 0.3) is 0 Å². The van der Waals surface area contributed by atoms with Crippen molar-refractivity contribution in [3.05, 3.63) is 58.9 Å². The minimum Gasteiger partial charge on any atom is -0.376 e. The molecule has 0 radical (unpaired) electrons. The van der Waals surface area contributed by atoms with Gasteiger partial charge in [0.15, 0.2) is 0 Å². The van der Waals surface area contributed by atoms with Crippen LogP contribution in [0.5, 0.6) is 0 Å². The van der Waals surface area contributed by atoms with Crippen molar-refractivity contribution in [2.45, 2.75) is 6.42 Å². The summed E-state index contributed by atoms with van der Waals surface area (Å²) in [6, 6.07) is 13.3. The highest BCUT2D eigenvalue weighted by Crippen LogP contribution is 2.19. The Balaban J connectivity index is 1.87. The van der Waals surface area contributed by atoms with Crippen LogP contribution in [0.15, 0.2) is 42.5 Å². The molecule has 6 heteroatoms. The van der Waals surface area contributed by atoms with Gasteiger partial charge in [-0.1, -0.05) is 23.7 Å². The third-order valence-electron chi connectivity index (χ3n) is 2.89. The van der Waals surface area contributed by atoms with Crippen molar-refractivity contribution in [2.75, 3.05) is 17.2 Å². The molecule has 0 spiro atoms. The summed E-state index contributed by atoms with van der Waals surface area (Å²) < 4.78 is 13.0. The Morgan fingerprint density at radius 3 is 2.50 bits per heavy atom. The van der Waals surface area contributed by atoms with Crippen molar-refractivity contribution in [1.29, 1.82) is 5.26 Å². The lowest BCUT2D eigenvalue weighted by Crippen LogP contribution is -2.21. The minimum atomic E-state index is -0.505. The molecule has 0 aliphatic rings. The van der Waals surface area contributed by atoms with E-state index in [1.54, 1.807) is 24.3 Å². The number of hydrogen-bond donors (Lipinski definition) is 2. The maximum atomic E-state index is 13.0. The van der Waals surface area contributed by atoms with Crippen LogP contribution in [0.25, 0.3) is 0 Å². The number of carbonyl (C=O) groups is 1. The lowest BCUT2D eigenvalue weighted by Gasteiger charge is -2.08. The topological polar surface area (TPSA) is 64.9 Å². The third-order valence-corrected chi connectivity index (χ3v) is 3.18. The summed E-state index contributed by atoms with van der Waals surface area (Å²) in [4.78, 5) is 11.8. The van der Waals surface area contributed by atoms with Gasteiger partial charge in [0.05, 0.1) is 24.1 Å². The zero-order valence-electron chi connectivity index (χ0n) is 11.6. The van der Waals surface area contributed by atoms with Crippen LogP contribution >= 0.6 is 11.6 Å². The van der Waals surface area contributed by atoms with Crippen molar-refractivity contribution < 1.29 is 9.18 Å². The summed E-state index contributed by atoms with van der Waals surface area (Å²) in [6.07, 6.45) is 0.334. The monoisotopic (exact) mass is 317 g/mol. The lowest BCUT2D eigenvalue weighted by atomic mass is 10.1. The number of nitrogens with one attached hydrogen (secondary N) is 2. The lowest BCUT2D eigenvalue weighted by molar-refractivity contribution is -0.114. The molecular formula is C16H13ClFN3O. The molecule has 2 N–H and O–H groups in total. The van der Waals surface area contributed by atoms with E-state index in [1.807, 2.05) is 0 Å². The number of hydrogen-bond acceptors (Lipinski definition) is 3. The second kappa shape index (κ2) is 7.43. The van der Waals surface area contributed by atoms with Crippen LogP contribution in [0.4, 0.5) is 15.8 Å². The number of rotatable bonds is 5. The highest BCUT2D eigenvalue weighted by Gasteiger charge is 2.04. The molecule has 0 bridgehead atoms. The molecule has 0 saturated carbocycles. The van der Waals surface area contributed by atoms with Gasteiger partial charge in [0.2, 0.25) is 5.91 Å². The number of nitrogens with zero attached hydrogens (tertiary/aromatic N) is 1. The third kappa shape index (κ3) is 4.47. The van der Waals surface area contributed by atoms with E-state index in [1.165, 1.54) is 18.2 Å². The summed E-state index contributed by atoms with van der Waals surface area (Å²) in [5.41, 5.74) is 2.09. The Morgan fingerprint density at radius 2 is 1.86 bits per heavy atom. The molecule has 22 heavy (non-hydrogen) atoms. The van der Waals surface area contributed by atoms with Gasteiger partial charge in [-0.25, -0.2) is 4.39 Å². The molecule has 4 nitrogen and oxygen atoms in total. The molecule has 0 fully saturated rings. The average Bonchev–Trinajstić information content (AvgIpc) is 2.51. The van der Waals surface area contributed by atoms with Gasteiger partial charge in [0, 0.05) is 11.4 Å². The highest BCUT2D eigenvalue weighted by molar-refractivity contribution is 6.31. The zero-order valence-corrected chi connectivity index (χ0v) is 12.3. The van der Waals surface area contributed by atoms with Gasteiger partial charge in [-0.2, -0.15) is 5.26 Å². The van der Waals surface area contributed by atoms with Gasteiger partial charge in [0.1, 0.15) is 5.82 Å². The fourth-order valence-corrected chi connectivity index (χ4v) is 1.97. The molecule has 0 atom stereocenters. The predicted molar refractivity (Wildman–Crippen MR) is 84.3 cm³/mol. The minimum absolute atomic E-state index is 0.00140. The molecule has 0 unspecified atom stereocenters. The molecule has 2 aromatic rings. The van der Waals surface area contributed by atoms with E-state index in [0.717, 1.165) is 5.56 Å². The number of carbonyl (C=O) groups excluding carboxylic acids is 1. The van der Waals surface area contributed by atoms with Crippen LogP contribution < -0.4 is 10.6 Å². The Hall–Kier alpha value is -2.58. The quantitative estimate of drug-likeness (QED) is 0.885. The summed E-state index contributed by atoms with van der Waals surface area (Å²) in [5.74, 6) is -0.748. The summed E-state index contributed by atoms with van der Waals surface area (Å²) in [5, 5.41) is 14.2. The van der Waals surface area contributed by atoms with E-state index in [2.05, 4.69) is 16.7 Å². The number of amides is 1. The molecule has 1 amide bonds. The van der Waals surface area contributed by atoms with Gasteiger partial charge in [-0.3, -0.25) is 4.79 Å². The first kappa shape index (κ1) is 15.8. The number of benzene rings is 2. The molecule has 2 rings (SSSR count). The van der Waals surface area contributed by atoms with Crippen LogP contribution in [0.3, 0.4) is 0 Å². The summed E-state index contributed by atoms with van der Waals surface area (Å²) >= 11 is 5.66. The first-order valence-electron chi connectivity index (χ1n) is 6.53. The van der Waals surface area contributed by atoms with Crippen LogP contribution in [-0.4, -0.2) is 12.5 Å². The number of anilines is 2. The maximum Gasteiger partial charge on any atom is 0.243 e. The van der Waals surface area contributed by atoms with Gasteiger partial charge < -0.3 is 10.6 Å². The van der Waals surface area contributed by atoms with E-state index in [9.17, 15) is 9.18 Å². The van der Waals surface area contributed by atoms with E-state index < -0.39 is 5.82 Å². The van der Waals surface area contributed by atoms with Gasteiger partial charge in [-0.15, -0.1) is 0 Å². The van der Waals surface area contributed by atoms with Crippen molar-refractivity contribution in [3.63, 3.8) is 0 Å². The van der Waals surface area contributed by atoms with Crippen molar-refractivity contribution in [1.82, 2.24) is 0 Å². The largest absolute Gasteiger partial charge is 0.376 e. The Bertz CT molecular complexity index is 710. The Kier molecular flexibility index (Phi) is 5.34. The summed E-state index contributed by atoms with van der Waals surface area (Å²) in [6.45, 7) is 0.0297. The van der Waals surface area contributed by atoms with Crippen LogP contribution in [-0.2, 0) is 11.2 Å². The first-order valence-corrected chi connectivity index (χ1v) is 6.91. The van der Waals surface area contributed by atoms with Crippen LogP contribution in [0.2, 0.25) is 5.02 Å². The van der Waals surface area contributed by atoms with Crippen LogP contribution in [0.1, 0.15) is 5.56 Å². The molecule has 0 heterocycles. The molecule has 2 aromatic carbocycles. The van der Waals surface area contributed by atoms with Crippen molar-refractivity contribution >= 4 is 28.9 Å². The average molecular weight is 318 g/mol. The summed E-state index contributed by atoms with van der Waals surface area (Å²) in [7, 11) is 0. The van der Waals surface area contributed by atoms with Gasteiger partial charge in [-0.05, 0) is 35.9 Å². The van der Waals surface area contributed by atoms with Crippen molar-refractivity contribution in [3.8, 4) is 6.07 Å². The first-order chi connectivity index (χ1) is 10.6. The Morgan fingerprint density at radius 1 is 1.18 bits per heavy atom. The molecule has 0 aliphatic carbocycles. The van der Waals surface area contributed by atoms with Crippen LogP contribution in [0, 0.1) is 17.1 Å². The number of halogens is 2. The second-order valence-electron chi connectivity index (χ2n) is 4.56. The Labute approximate surface area is 132 Å². The highest BCUT2D eigenvalue weighted by atomic mass is 35.5. The fraction of sp³-hybridized carbons (Fsp3) is 0.125. The molecule has 0 aliphatic heterocycles. The van der Waals surface area contributed by atoms with E-state index in [0.29, 0.717) is 17.8 Å². The van der Waals surface area contributed by atoms with E-state index >= 15 is 0 Å². The number of nitriles is 1. The standard InChI is InChI=1S/C16H13ClFN3O/c17-14-9-13(5-6-15(14)18)20-10-16(22)21-12-3-1-11(2-4-12)7-8-19/h1-6,9,20H,7,10H2,(H,21,22). The predicted octanol–water partition coefficient (Wildman–Crippen LogP) is 3.60. The SMILES string of the molecule is N#CCc1ccc(NC(=O)CNc2ccc(F)c(Cl)c2)cc1. The molecule has 0 aromatic heterocycles.